The summed E-state index contributed by atoms with van der Waals surface area (Å²) in [7, 11) is 0. The number of nitrogens with zero attached hydrogens (tertiary/aromatic N) is 2. The summed E-state index contributed by atoms with van der Waals surface area (Å²) in [5, 5.41) is 12.9. The molecule has 2 aromatic heterocycles. The van der Waals surface area contributed by atoms with Crippen LogP contribution in [0.5, 0.6) is 5.75 Å². The van der Waals surface area contributed by atoms with Crippen LogP contribution in [0.2, 0.25) is 5.02 Å². The summed E-state index contributed by atoms with van der Waals surface area (Å²) < 4.78 is 19.1. The zero-order valence-corrected chi connectivity index (χ0v) is 15.8. The zero-order valence-electron chi connectivity index (χ0n) is 12.6. The van der Waals surface area contributed by atoms with Gasteiger partial charge in [-0.2, -0.15) is 0 Å². The average molecular weight is 416 g/mol. The monoisotopic (exact) mass is 415 g/mol. The van der Waals surface area contributed by atoms with Crippen molar-refractivity contribution in [1.29, 1.82) is 0 Å². The number of benzene rings is 1. The number of ether oxygens (including phenoxy) is 1. The number of amides is 1. The second-order valence-electron chi connectivity index (χ2n) is 4.65. The molecule has 0 atom stereocenters. The molecule has 0 aliphatic carbocycles. The Labute approximate surface area is 160 Å². The van der Waals surface area contributed by atoms with E-state index < -0.39 is 5.82 Å². The molecule has 0 unspecified atom stereocenters. The Morgan fingerprint density at radius 3 is 3.00 bits per heavy atom. The minimum atomic E-state index is -0.542. The van der Waals surface area contributed by atoms with E-state index in [-0.39, 0.29) is 17.5 Å². The molecule has 10 heteroatoms. The van der Waals surface area contributed by atoms with Crippen LogP contribution in [0, 0.1) is 5.82 Å². The normalized spacial score (nSPS) is 10.6. The van der Waals surface area contributed by atoms with Gasteiger partial charge < -0.3 is 4.74 Å². The fraction of sp³-hybridized carbons (Fsp3) is 0.133. The summed E-state index contributed by atoms with van der Waals surface area (Å²) in [6, 6.07) is 7.95. The maximum atomic E-state index is 13.1. The molecule has 0 fully saturated rings. The quantitative estimate of drug-likeness (QED) is 0.447. The molecule has 0 bridgehead atoms. The topological polar surface area (TPSA) is 64.1 Å². The summed E-state index contributed by atoms with van der Waals surface area (Å²) in [5.74, 6) is 0.201. The first-order valence-electron chi connectivity index (χ1n) is 6.96. The number of rotatable bonds is 7. The molecular weight excluding hydrogens is 405 g/mol. The van der Waals surface area contributed by atoms with Crippen molar-refractivity contribution in [3.8, 4) is 5.75 Å². The predicted molar refractivity (Wildman–Crippen MR) is 99.3 cm³/mol. The number of carbonyl (C=O) groups is 1. The van der Waals surface area contributed by atoms with Crippen molar-refractivity contribution in [2.45, 2.75) is 10.1 Å². The molecule has 0 spiro atoms. The van der Waals surface area contributed by atoms with E-state index >= 15 is 0 Å². The van der Waals surface area contributed by atoms with Crippen molar-refractivity contribution < 1.29 is 13.9 Å². The van der Waals surface area contributed by atoms with Gasteiger partial charge in [-0.15, -0.1) is 21.5 Å². The largest absolute Gasteiger partial charge is 0.484 e. The molecule has 130 valence electrons. The molecule has 25 heavy (non-hydrogen) atoms. The van der Waals surface area contributed by atoms with Crippen LogP contribution in [0.15, 0.2) is 40.1 Å². The Balaban J connectivity index is 1.47. The number of hydrogen-bond donors (Lipinski definition) is 1. The molecule has 0 aliphatic heterocycles. The van der Waals surface area contributed by atoms with Crippen molar-refractivity contribution in [3.05, 3.63) is 51.4 Å². The fourth-order valence-electron chi connectivity index (χ4n) is 1.72. The van der Waals surface area contributed by atoms with Gasteiger partial charge in [0.2, 0.25) is 5.13 Å². The van der Waals surface area contributed by atoms with E-state index in [1.54, 1.807) is 23.1 Å². The van der Waals surface area contributed by atoms with Crippen molar-refractivity contribution in [3.63, 3.8) is 0 Å². The smallest absolute Gasteiger partial charge is 0.264 e. The van der Waals surface area contributed by atoms with Crippen LogP contribution in [0.4, 0.5) is 9.52 Å². The lowest BCUT2D eigenvalue weighted by molar-refractivity contribution is -0.118. The molecule has 0 radical (unpaired) electrons. The predicted octanol–water partition coefficient (Wildman–Crippen LogP) is 4.70. The maximum absolute atomic E-state index is 13.1. The Morgan fingerprint density at radius 1 is 1.36 bits per heavy atom. The first kappa shape index (κ1) is 18.1. The number of anilines is 1. The Kier molecular flexibility index (Phi) is 6.24. The minimum Gasteiger partial charge on any atom is -0.484 e. The number of hydrogen-bond acceptors (Lipinski definition) is 7. The van der Waals surface area contributed by atoms with Gasteiger partial charge in [-0.05, 0) is 23.6 Å². The molecule has 0 saturated heterocycles. The van der Waals surface area contributed by atoms with E-state index in [4.69, 9.17) is 16.3 Å². The molecule has 1 aromatic carbocycles. The summed E-state index contributed by atoms with van der Waals surface area (Å²) in [6.45, 7) is -0.237. The summed E-state index contributed by atoms with van der Waals surface area (Å²) in [5.41, 5.74) is 0. The van der Waals surface area contributed by atoms with E-state index in [0.29, 0.717) is 10.9 Å². The third kappa shape index (κ3) is 5.40. The SMILES string of the molecule is O=C(COc1ccc(F)c(Cl)c1)Nc1nnc(SCc2cccs2)s1. The molecule has 0 saturated carbocycles. The van der Waals surface area contributed by atoms with Gasteiger partial charge in [-0.1, -0.05) is 40.8 Å². The Hall–Kier alpha value is -1.68. The third-order valence-corrected chi connectivity index (χ3v) is 6.20. The highest BCUT2D eigenvalue weighted by molar-refractivity contribution is 8.00. The van der Waals surface area contributed by atoms with Crippen molar-refractivity contribution >= 4 is 57.1 Å². The second-order valence-corrected chi connectivity index (χ2v) is 8.29. The Bertz CT molecular complexity index is 858. The van der Waals surface area contributed by atoms with Gasteiger partial charge in [-0.25, -0.2) is 4.39 Å². The number of carbonyl (C=O) groups excluding carboxylic acids is 1. The summed E-state index contributed by atoms with van der Waals surface area (Å²) >= 11 is 10.2. The van der Waals surface area contributed by atoms with Crippen molar-refractivity contribution in [2.75, 3.05) is 11.9 Å². The van der Waals surface area contributed by atoms with Gasteiger partial charge in [0, 0.05) is 16.7 Å². The zero-order chi connectivity index (χ0) is 17.6. The van der Waals surface area contributed by atoms with Crippen LogP contribution >= 0.6 is 46.0 Å². The van der Waals surface area contributed by atoms with Crippen molar-refractivity contribution in [1.82, 2.24) is 10.2 Å². The van der Waals surface area contributed by atoms with Gasteiger partial charge in [-0.3, -0.25) is 10.1 Å². The number of halogens is 2. The van der Waals surface area contributed by atoms with Gasteiger partial charge >= 0.3 is 0 Å². The maximum Gasteiger partial charge on any atom is 0.264 e. The van der Waals surface area contributed by atoms with Gasteiger partial charge in [0.15, 0.2) is 10.9 Å². The lowest BCUT2D eigenvalue weighted by Crippen LogP contribution is -2.20. The lowest BCUT2D eigenvalue weighted by Gasteiger charge is -2.06. The number of nitrogens with one attached hydrogen (secondary N) is 1. The van der Waals surface area contributed by atoms with Gasteiger partial charge in [0.1, 0.15) is 11.6 Å². The Morgan fingerprint density at radius 2 is 2.24 bits per heavy atom. The van der Waals surface area contributed by atoms with Crippen LogP contribution < -0.4 is 10.1 Å². The van der Waals surface area contributed by atoms with Crippen LogP contribution in [-0.2, 0) is 10.5 Å². The van der Waals surface area contributed by atoms with Crippen LogP contribution in [-0.4, -0.2) is 22.7 Å². The highest BCUT2D eigenvalue weighted by Crippen LogP contribution is 2.29. The second kappa shape index (κ2) is 8.61. The van der Waals surface area contributed by atoms with E-state index in [9.17, 15) is 9.18 Å². The van der Waals surface area contributed by atoms with E-state index in [1.165, 1.54) is 34.4 Å². The number of aromatic nitrogens is 2. The van der Waals surface area contributed by atoms with E-state index in [0.717, 1.165) is 10.1 Å². The first-order chi connectivity index (χ1) is 12.1. The average Bonchev–Trinajstić information content (AvgIpc) is 3.26. The third-order valence-electron chi connectivity index (χ3n) is 2.83. The van der Waals surface area contributed by atoms with E-state index in [2.05, 4.69) is 21.6 Å². The summed E-state index contributed by atoms with van der Waals surface area (Å²) in [6.07, 6.45) is 0. The molecule has 1 N–H and O–H groups in total. The number of thiophene rings is 1. The molecule has 2 heterocycles. The summed E-state index contributed by atoms with van der Waals surface area (Å²) in [4.78, 5) is 13.1. The molecule has 0 aliphatic rings. The van der Waals surface area contributed by atoms with Crippen molar-refractivity contribution in [2.24, 2.45) is 0 Å². The highest BCUT2D eigenvalue weighted by atomic mass is 35.5. The fourth-order valence-corrected chi connectivity index (χ4v) is 4.43. The van der Waals surface area contributed by atoms with Crippen LogP contribution in [0.3, 0.4) is 0 Å². The molecule has 3 rings (SSSR count). The van der Waals surface area contributed by atoms with Gasteiger partial charge in [0.05, 0.1) is 5.02 Å². The number of thioether (sulfide) groups is 1. The standard InChI is InChI=1S/C15H11ClFN3O2S3/c16-11-6-9(3-4-12(11)17)22-7-13(21)18-14-19-20-15(25-14)24-8-10-2-1-5-23-10/h1-6H,7-8H2,(H,18,19,21). The van der Waals surface area contributed by atoms with Crippen LogP contribution in [0.25, 0.3) is 0 Å². The van der Waals surface area contributed by atoms with Crippen LogP contribution in [0.1, 0.15) is 4.88 Å². The minimum absolute atomic E-state index is 0.0607. The molecule has 5 nitrogen and oxygen atoms in total. The first-order valence-corrected chi connectivity index (χ1v) is 10.0. The molecule has 3 aromatic rings. The molecule has 1 amide bonds. The highest BCUT2D eigenvalue weighted by Gasteiger charge is 2.10. The lowest BCUT2D eigenvalue weighted by atomic mass is 10.3. The van der Waals surface area contributed by atoms with Gasteiger partial charge in [0.25, 0.3) is 5.91 Å². The molecular formula is C15H11ClFN3O2S3. The van der Waals surface area contributed by atoms with E-state index in [1.807, 2.05) is 11.4 Å².